The van der Waals surface area contributed by atoms with Crippen LogP contribution < -0.4 is 16.0 Å². The lowest BCUT2D eigenvalue weighted by atomic mass is 10.1. The summed E-state index contributed by atoms with van der Waals surface area (Å²) in [6.07, 6.45) is 0.821. The fraction of sp³-hybridized carbons (Fsp3) is 0.467. The van der Waals surface area contributed by atoms with Crippen molar-refractivity contribution in [3.05, 3.63) is 34.9 Å². The molecule has 1 aromatic carbocycles. The topological polar surface area (TPSA) is 74.8 Å². The first-order chi connectivity index (χ1) is 10.7. The second-order valence-corrected chi connectivity index (χ2v) is 5.01. The molecule has 0 aliphatic carbocycles. The van der Waals surface area contributed by atoms with E-state index < -0.39 is 0 Å². The van der Waals surface area contributed by atoms with Gasteiger partial charge in [0.15, 0.2) is 5.96 Å². The van der Waals surface area contributed by atoms with E-state index in [2.05, 4.69) is 20.9 Å². The molecule has 0 fully saturated rings. The molecule has 22 heavy (non-hydrogen) atoms. The smallest absolute Gasteiger partial charge is 0.239 e. The maximum Gasteiger partial charge on any atom is 0.239 e. The Hall–Kier alpha value is -1.79. The molecule has 7 heteroatoms. The van der Waals surface area contributed by atoms with Crippen molar-refractivity contribution in [3.63, 3.8) is 0 Å². The van der Waals surface area contributed by atoms with E-state index in [0.717, 1.165) is 17.0 Å². The number of hydrogen-bond donors (Lipinski definition) is 3. The monoisotopic (exact) mass is 326 g/mol. The van der Waals surface area contributed by atoms with Crippen molar-refractivity contribution in [2.24, 2.45) is 4.99 Å². The highest BCUT2D eigenvalue weighted by Crippen LogP contribution is 2.10. The molecule has 1 rings (SSSR count). The lowest BCUT2D eigenvalue weighted by Crippen LogP contribution is -2.44. The van der Waals surface area contributed by atoms with E-state index in [-0.39, 0.29) is 12.5 Å². The van der Waals surface area contributed by atoms with Crippen molar-refractivity contribution in [1.29, 1.82) is 0 Å². The van der Waals surface area contributed by atoms with Gasteiger partial charge >= 0.3 is 0 Å². The van der Waals surface area contributed by atoms with E-state index in [1.54, 1.807) is 14.2 Å². The maximum absolute atomic E-state index is 11.5. The number of ether oxygens (including phenoxy) is 1. The number of halogens is 1. The first-order valence-corrected chi connectivity index (χ1v) is 7.48. The van der Waals surface area contributed by atoms with Gasteiger partial charge in [-0.2, -0.15) is 0 Å². The number of nitrogens with one attached hydrogen (secondary N) is 3. The number of carbonyl (C=O) groups excluding carboxylic acids is 1. The number of aliphatic imine (C=N–C) groups is 1. The Balaban J connectivity index is 2.23. The second kappa shape index (κ2) is 10.9. The van der Waals surface area contributed by atoms with Gasteiger partial charge in [0.25, 0.3) is 0 Å². The third kappa shape index (κ3) is 7.85. The van der Waals surface area contributed by atoms with Crippen molar-refractivity contribution in [2.45, 2.75) is 6.42 Å². The van der Waals surface area contributed by atoms with Crippen LogP contribution in [0.4, 0.5) is 0 Å². The lowest BCUT2D eigenvalue weighted by Gasteiger charge is -2.12. The van der Waals surface area contributed by atoms with Gasteiger partial charge in [-0.3, -0.25) is 9.79 Å². The summed E-state index contributed by atoms with van der Waals surface area (Å²) in [5.74, 6) is 0.485. The molecule has 0 spiro atoms. The first-order valence-electron chi connectivity index (χ1n) is 7.10. The third-order valence-electron chi connectivity index (χ3n) is 2.86. The van der Waals surface area contributed by atoms with Gasteiger partial charge in [-0.05, 0) is 24.1 Å². The molecule has 1 aromatic rings. The molecule has 0 heterocycles. The maximum atomic E-state index is 11.5. The summed E-state index contributed by atoms with van der Waals surface area (Å²) >= 11 is 5.94. The Morgan fingerprint density at radius 2 is 2.09 bits per heavy atom. The number of benzene rings is 1. The highest BCUT2D eigenvalue weighted by atomic mass is 35.5. The number of amides is 1. The average Bonchev–Trinajstić information content (AvgIpc) is 2.51. The van der Waals surface area contributed by atoms with E-state index in [1.807, 2.05) is 24.3 Å². The van der Waals surface area contributed by atoms with E-state index >= 15 is 0 Å². The highest BCUT2D eigenvalue weighted by molar-refractivity contribution is 6.30. The molecule has 0 aromatic heterocycles. The summed E-state index contributed by atoms with van der Waals surface area (Å²) in [6.45, 7) is 1.86. The van der Waals surface area contributed by atoms with Crippen LogP contribution in [-0.2, 0) is 16.0 Å². The lowest BCUT2D eigenvalue weighted by molar-refractivity contribution is -0.120. The minimum absolute atomic E-state index is 0.102. The summed E-state index contributed by atoms with van der Waals surface area (Å²) in [5.41, 5.74) is 1.15. The zero-order valence-corrected chi connectivity index (χ0v) is 13.7. The SMILES string of the molecule is CN=C(NCCc1cccc(Cl)c1)NCC(=O)NCCOC. The number of guanidine groups is 1. The molecular weight excluding hydrogens is 304 g/mol. The van der Waals surface area contributed by atoms with Crippen LogP contribution in [0.15, 0.2) is 29.3 Å². The second-order valence-electron chi connectivity index (χ2n) is 4.58. The molecule has 0 bridgehead atoms. The summed E-state index contributed by atoms with van der Waals surface area (Å²) in [6, 6.07) is 7.73. The predicted molar refractivity (Wildman–Crippen MR) is 89.4 cm³/mol. The van der Waals surface area contributed by atoms with E-state index in [0.29, 0.717) is 25.7 Å². The molecule has 0 saturated heterocycles. The van der Waals surface area contributed by atoms with Gasteiger partial charge in [0.1, 0.15) is 0 Å². The van der Waals surface area contributed by atoms with E-state index in [4.69, 9.17) is 16.3 Å². The number of carbonyl (C=O) groups is 1. The highest BCUT2D eigenvalue weighted by Gasteiger charge is 2.03. The molecule has 0 atom stereocenters. The van der Waals surface area contributed by atoms with Gasteiger partial charge in [0.05, 0.1) is 13.2 Å². The molecule has 0 aliphatic rings. The van der Waals surface area contributed by atoms with E-state index in [1.165, 1.54) is 0 Å². The number of hydrogen-bond acceptors (Lipinski definition) is 3. The van der Waals surface area contributed by atoms with Gasteiger partial charge in [-0.15, -0.1) is 0 Å². The molecule has 0 saturated carbocycles. The molecule has 0 unspecified atom stereocenters. The first kappa shape index (κ1) is 18.3. The normalized spacial score (nSPS) is 11.1. The third-order valence-corrected chi connectivity index (χ3v) is 3.10. The van der Waals surface area contributed by atoms with Crippen molar-refractivity contribution < 1.29 is 9.53 Å². The molecule has 0 radical (unpaired) electrons. The molecule has 0 aliphatic heterocycles. The van der Waals surface area contributed by atoms with Crippen LogP contribution in [0.5, 0.6) is 0 Å². The zero-order chi connectivity index (χ0) is 16.2. The Morgan fingerprint density at radius 3 is 2.77 bits per heavy atom. The number of nitrogens with zero attached hydrogens (tertiary/aromatic N) is 1. The van der Waals surface area contributed by atoms with Gasteiger partial charge in [0.2, 0.25) is 5.91 Å². The molecule has 6 nitrogen and oxygen atoms in total. The van der Waals surface area contributed by atoms with Crippen LogP contribution in [0.3, 0.4) is 0 Å². The van der Waals surface area contributed by atoms with Gasteiger partial charge in [-0.1, -0.05) is 23.7 Å². The van der Waals surface area contributed by atoms with Gasteiger partial charge in [0, 0.05) is 32.3 Å². The van der Waals surface area contributed by atoms with Crippen LogP contribution in [0, 0.1) is 0 Å². The Morgan fingerprint density at radius 1 is 1.27 bits per heavy atom. The summed E-state index contributed by atoms with van der Waals surface area (Å²) in [7, 11) is 3.26. The minimum Gasteiger partial charge on any atom is -0.383 e. The van der Waals surface area contributed by atoms with Crippen molar-refractivity contribution in [2.75, 3.05) is 40.4 Å². The van der Waals surface area contributed by atoms with Crippen LogP contribution in [0.1, 0.15) is 5.56 Å². The van der Waals surface area contributed by atoms with Gasteiger partial charge < -0.3 is 20.7 Å². The van der Waals surface area contributed by atoms with Crippen molar-refractivity contribution >= 4 is 23.5 Å². The number of methoxy groups -OCH3 is 1. The zero-order valence-electron chi connectivity index (χ0n) is 13.0. The molecule has 1 amide bonds. The van der Waals surface area contributed by atoms with Crippen molar-refractivity contribution in [1.82, 2.24) is 16.0 Å². The van der Waals surface area contributed by atoms with Crippen LogP contribution in [0.2, 0.25) is 5.02 Å². The average molecular weight is 327 g/mol. The van der Waals surface area contributed by atoms with E-state index in [9.17, 15) is 4.79 Å². The Bertz CT molecular complexity index is 494. The Kier molecular flexibility index (Phi) is 9.02. The Labute approximate surface area is 136 Å². The summed E-state index contributed by atoms with van der Waals surface area (Å²) in [4.78, 5) is 15.6. The van der Waals surface area contributed by atoms with Crippen LogP contribution in [-0.4, -0.2) is 52.3 Å². The van der Waals surface area contributed by atoms with Crippen LogP contribution in [0.25, 0.3) is 0 Å². The van der Waals surface area contributed by atoms with Crippen molar-refractivity contribution in [3.8, 4) is 0 Å². The summed E-state index contributed by atoms with van der Waals surface area (Å²) in [5, 5.41) is 9.56. The quantitative estimate of drug-likeness (QED) is 0.375. The standard InChI is InChI=1S/C15H23ClN4O2/c1-17-15(20-11-14(21)18-8-9-22-2)19-7-6-12-4-3-5-13(16)10-12/h3-5,10H,6-9,11H2,1-2H3,(H,18,21)(H2,17,19,20). The molecule has 122 valence electrons. The fourth-order valence-corrected chi connectivity index (χ4v) is 1.97. The largest absolute Gasteiger partial charge is 0.383 e. The van der Waals surface area contributed by atoms with Gasteiger partial charge in [-0.25, -0.2) is 0 Å². The molecular formula is C15H23ClN4O2. The minimum atomic E-state index is -0.102. The molecule has 3 N–H and O–H groups in total. The fourth-order valence-electron chi connectivity index (χ4n) is 1.76. The number of rotatable bonds is 8. The summed E-state index contributed by atoms with van der Waals surface area (Å²) < 4.78 is 4.86. The van der Waals surface area contributed by atoms with Crippen LogP contribution >= 0.6 is 11.6 Å². The predicted octanol–water partition coefficient (Wildman–Crippen LogP) is 0.810.